The number of hydrogen-bond donors (Lipinski definition) is 2. The van der Waals surface area contributed by atoms with E-state index in [9.17, 15) is 0 Å². The first-order chi connectivity index (χ1) is 22.3. The molecule has 8 aromatic rings. The Morgan fingerprint density at radius 3 is 1.39 bits per heavy atom. The average Bonchev–Trinajstić information content (AvgIpc) is 3.91. The van der Waals surface area contributed by atoms with Gasteiger partial charge in [0.1, 0.15) is 28.3 Å². The van der Waals surface area contributed by atoms with Crippen molar-refractivity contribution in [1.82, 2.24) is 50.2 Å². The molecule has 4 aromatic carbocycles. The second-order valence-electron chi connectivity index (χ2n) is 10.8. The van der Waals surface area contributed by atoms with Gasteiger partial charge in [0.05, 0.1) is 0 Å². The van der Waals surface area contributed by atoms with Gasteiger partial charge in [-0.05, 0) is 0 Å². The number of nitrogens with zero attached hydrogens (tertiary/aromatic N) is 8. The van der Waals surface area contributed by atoms with E-state index in [0.717, 1.165) is 49.4 Å². The number of H-pyrrole nitrogens is 2. The first-order valence-electron chi connectivity index (χ1n) is 14.3. The predicted octanol–water partition coefficient (Wildman–Crippen LogP) is 6.92. The smallest absolute Gasteiger partial charge is 0.164 e. The van der Waals surface area contributed by atoms with Crippen molar-refractivity contribution in [2.24, 2.45) is 0 Å². The summed E-state index contributed by atoms with van der Waals surface area (Å²) in [5.41, 5.74) is 7.37. The predicted molar refractivity (Wildman–Crippen MR) is 169 cm³/mol. The molecule has 2 aliphatic rings. The largest absolute Gasteiger partial charge is 0.345 e. The van der Waals surface area contributed by atoms with E-state index < -0.39 is 0 Å². The summed E-state index contributed by atoms with van der Waals surface area (Å²) < 4.78 is 5.10. The first kappa shape index (κ1) is 26.3. The van der Waals surface area contributed by atoms with E-state index in [1.54, 1.807) is 0 Å². The number of benzene rings is 4. The quantitative estimate of drug-likeness (QED) is 0.182. The molecule has 0 fully saturated rings. The van der Waals surface area contributed by atoms with Crippen LogP contribution in [0.1, 0.15) is 0 Å². The van der Waals surface area contributed by atoms with E-state index in [4.69, 9.17) is 34.4 Å². The molecule has 0 saturated carbocycles. The van der Waals surface area contributed by atoms with E-state index >= 15 is 0 Å². The SMILES string of the molecule is [Cu].c1ccc2c(c1)-c1nc-2nc2[nH]c(nc3nc(nc4[nH]c(n1)c1ccccc41)-c1ccccc1-3)c1c(-c3conn3)cccc21. The Hall–Kier alpha value is -6.10. The maximum Gasteiger partial charge on any atom is 0.164 e. The van der Waals surface area contributed by atoms with Crippen LogP contribution >= 0.6 is 0 Å². The Kier molecular flexibility index (Phi) is 5.70. The Morgan fingerprint density at radius 1 is 0.435 bits per heavy atom. The molecule has 0 atom stereocenters. The summed E-state index contributed by atoms with van der Waals surface area (Å²) in [6.45, 7) is 0. The van der Waals surface area contributed by atoms with Gasteiger partial charge < -0.3 is 14.5 Å². The molecule has 2 aliphatic heterocycles. The summed E-state index contributed by atoms with van der Waals surface area (Å²) in [6.07, 6.45) is 1.51. The average molecular weight is 646 g/mol. The zero-order valence-corrected chi connectivity index (χ0v) is 24.5. The van der Waals surface area contributed by atoms with Crippen LogP contribution in [0, 0.1) is 0 Å². The minimum absolute atomic E-state index is 0. The Balaban J connectivity index is 0.00000292. The van der Waals surface area contributed by atoms with Crippen molar-refractivity contribution >= 4 is 44.1 Å². The number of aromatic nitrogens is 10. The maximum absolute atomic E-state index is 5.11. The van der Waals surface area contributed by atoms with E-state index in [0.29, 0.717) is 51.6 Å². The number of fused-ring (bicyclic) bond motifs is 20. The Labute approximate surface area is 269 Å². The van der Waals surface area contributed by atoms with Gasteiger partial charge in [0.2, 0.25) is 0 Å². The molecule has 11 nitrogen and oxygen atoms in total. The molecule has 0 amide bonds. The minimum atomic E-state index is 0. The van der Waals surface area contributed by atoms with Crippen molar-refractivity contribution in [3.8, 4) is 56.8 Å². The number of nitrogens with one attached hydrogen (secondary N) is 2. The first-order valence-corrected chi connectivity index (χ1v) is 14.3. The Morgan fingerprint density at radius 2 is 0.870 bits per heavy atom. The summed E-state index contributed by atoms with van der Waals surface area (Å²) in [7, 11) is 0. The normalized spacial score (nSPS) is 11.7. The monoisotopic (exact) mass is 645 g/mol. The molecule has 10 rings (SSSR count). The van der Waals surface area contributed by atoms with Crippen molar-refractivity contribution < 1.29 is 21.6 Å². The van der Waals surface area contributed by atoms with E-state index in [1.807, 2.05) is 91.0 Å². The van der Waals surface area contributed by atoms with Crippen LogP contribution in [-0.4, -0.2) is 50.2 Å². The van der Waals surface area contributed by atoms with Gasteiger partial charge in [-0.1, -0.05) is 91.0 Å². The fraction of sp³-hybridized carbons (Fsp3) is 0. The van der Waals surface area contributed by atoms with Crippen LogP contribution in [0.2, 0.25) is 0 Å². The number of aromatic amines is 2. The van der Waals surface area contributed by atoms with Crippen molar-refractivity contribution in [2.75, 3.05) is 0 Å². The summed E-state index contributed by atoms with van der Waals surface area (Å²) in [6, 6.07) is 29.9. The zero-order valence-electron chi connectivity index (χ0n) is 23.5. The van der Waals surface area contributed by atoms with Crippen molar-refractivity contribution in [3.05, 3.63) is 97.3 Å². The molecule has 0 spiro atoms. The summed E-state index contributed by atoms with van der Waals surface area (Å²) >= 11 is 0. The summed E-state index contributed by atoms with van der Waals surface area (Å²) in [4.78, 5) is 37.1. The molecular formula is C34H18CuN10O. The molecule has 8 bridgehead atoms. The van der Waals surface area contributed by atoms with Crippen LogP contribution in [0.25, 0.3) is 101 Å². The molecule has 46 heavy (non-hydrogen) atoms. The van der Waals surface area contributed by atoms with Crippen LogP contribution in [0.3, 0.4) is 0 Å². The molecule has 2 N–H and O–H groups in total. The molecular weight excluding hydrogens is 628 g/mol. The topological polar surface area (TPSA) is 148 Å². The fourth-order valence-electron chi connectivity index (χ4n) is 6.19. The van der Waals surface area contributed by atoms with Gasteiger partial charge in [-0.3, -0.25) is 0 Å². The molecule has 12 heteroatoms. The van der Waals surface area contributed by atoms with Crippen LogP contribution in [0.4, 0.5) is 0 Å². The second kappa shape index (κ2) is 9.96. The van der Waals surface area contributed by atoms with Gasteiger partial charge in [-0.15, -0.1) is 5.10 Å². The molecule has 4 aromatic heterocycles. The standard InChI is InChI=1S/C34H18N10O.Cu/c1-2-9-18-17(8-1)27-35-28(18)37-30-21-12-5-6-13-22(21)32(39-30)41-34-26-23(25-16-45-44-43-25)14-7-15-24(26)33(42-34)40-31-20-11-4-3-10-19(20)29(36-27)38-31;/h1-16H,(H2,35,36,37,38,39,40,41,42);. The number of hydrogen-bond acceptors (Lipinski definition) is 9. The third-order valence-electron chi connectivity index (χ3n) is 8.22. The number of rotatable bonds is 1. The van der Waals surface area contributed by atoms with E-state index in [-0.39, 0.29) is 17.1 Å². The van der Waals surface area contributed by atoms with Gasteiger partial charge in [-0.25, -0.2) is 29.9 Å². The molecule has 1 radical (unpaired) electrons. The van der Waals surface area contributed by atoms with Gasteiger partial charge in [-0.2, -0.15) is 0 Å². The van der Waals surface area contributed by atoms with Gasteiger partial charge in [0.25, 0.3) is 0 Å². The van der Waals surface area contributed by atoms with Gasteiger partial charge in [0.15, 0.2) is 29.6 Å². The summed E-state index contributed by atoms with van der Waals surface area (Å²) in [5.74, 6) is 2.18. The van der Waals surface area contributed by atoms with E-state index in [1.165, 1.54) is 6.26 Å². The second-order valence-corrected chi connectivity index (χ2v) is 10.8. The maximum atomic E-state index is 5.11. The van der Waals surface area contributed by atoms with Crippen LogP contribution in [-0.2, 0) is 17.1 Å². The van der Waals surface area contributed by atoms with Crippen LogP contribution < -0.4 is 0 Å². The molecule has 6 heterocycles. The third kappa shape index (κ3) is 3.84. The van der Waals surface area contributed by atoms with Gasteiger partial charge in [0, 0.05) is 71.7 Å². The molecule has 0 unspecified atom stereocenters. The minimum Gasteiger partial charge on any atom is -0.345 e. The van der Waals surface area contributed by atoms with Crippen LogP contribution in [0.15, 0.2) is 102 Å². The third-order valence-corrected chi connectivity index (χ3v) is 8.22. The van der Waals surface area contributed by atoms with Crippen LogP contribution in [0.5, 0.6) is 0 Å². The van der Waals surface area contributed by atoms with Crippen molar-refractivity contribution in [3.63, 3.8) is 0 Å². The fourth-order valence-corrected chi connectivity index (χ4v) is 6.19. The summed E-state index contributed by atoms with van der Waals surface area (Å²) in [5, 5.41) is 11.4. The van der Waals surface area contributed by atoms with Crippen molar-refractivity contribution in [2.45, 2.75) is 0 Å². The van der Waals surface area contributed by atoms with Crippen molar-refractivity contribution in [1.29, 1.82) is 0 Å². The molecule has 0 aliphatic carbocycles. The molecule has 221 valence electrons. The molecule has 0 saturated heterocycles. The zero-order chi connectivity index (χ0) is 29.5. The van der Waals surface area contributed by atoms with E-state index in [2.05, 4.69) is 20.3 Å². The Bertz CT molecular complexity index is 2670. The van der Waals surface area contributed by atoms with Gasteiger partial charge >= 0.3 is 0 Å².